The number of rotatable bonds is 6. The maximum atomic E-state index is 11.7. The molecular formula is C13H19N3O3. The van der Waals surface area contributed by atoms with Crippen molar-refractivity contribution in [2.75, 3.05) is 0 Å². The van der Waals surface area contributed by atoms with Crippen molar-refractivity contribution in [1.29, 1.82) is 0 Å². The van der Waals surface area contributed by atoms with Crippen LogP contribution in [0.4, 0.5) is 4.79 Å². The summed E-state index contributed by atoms with van der Waals surface area (Å²) in [5.41, 5.74) is 0.961. The van der Waals surface area contributed by atoms with E-state index in [-0.39, 0.29) is 24.5 Å². The summed E-state index contributed by atoms with van der Waals surface area (Å²) in [4.78, 5) is 26.0. The van der Waals surface area contributed by atoms with Crippen LogP contribution in [0.1, 0.15) is 38.3 Å². The van der Waals surface area contributed by atoms with Crippen molar-refractivity contribution in [1.82, 2.24) is 15.6 Å². The summed E-state index contributed by atoms with van der Waals surface area (Å²) in [5, 5.41) is 14.1. The number of carboxylic acid groups (broad SMARTS) is 1. The zero-order valence-electron chi connectivity index (χ0n) is 11.1. The first kappa shape index (κ1) is 14.9. The fraction of sp³-hybridized carbons (Fsp3) is 0.462. The van der Waals surface area contributed by atoms with Gasteiger partial charge in [-0.3, -0.25) is 9.78 Å². The molecule has 1 aromatic heterocycles. The van der Waals surface area contributed by atoms with E-state index >= 15 is 0 Å². The largest absolute Gasteiger partial charge is 0.481 e. The molecule has 0 saturated carbocycles. The molecule has 0 saturated heterocycles. The zero-order chi connectivity index (χ0) is 14.3. The van der Waals surface area contributed by atoms with Crippen molar-refractivity contribution in [3.8, 4) is 0 Å². The number of amides is 2. The molecule has 0 spiro atoms. The third-order valence-corrected chi connectivity index (χ3v) is 2.72. The second-order valence-corrected chi connectivity index (χ2v) is 4.45. The number of hydrogen-bond acceptors (Lipinski definition) is 3. The van der Waals surface area contributed by atoms with Crippen LogP contribution >= 0.6 is 0 Å². The summed E-state index contributed by atoms with van der Waals surface area (Å²) in [7, 11) is 0. The fourth-order valence-corrected chi connectivity index (χ4v) is 1.61. The van der Waals surface area contributed by atoms with Gasteiger partial charge in [0.1, 0.15) is 0 Å². The van der Waals surface area contributed by atoms with E-state index < -0.39 is 5.97 Å². The third kappa shape index (κ3) is 5.85. The SMILES string of the molecule is CC(CCC(=O)O)NC(=O)NC(C)c1ccncc1. The average Bonchev–Trinajstić information content (AvgIpc) is 2.37. The lowest BCUT2D eigenvalue weighted by molar-refractivity contribution is -0.137. The molecule has 6 nitrogen and oxygen atoms in total. The predicted molar refractivity (Wildman–Crippen MR) is 70.7 cm³/mol. The molecule has 0 aliphatic carbocycles. The standard InChI is InChI=1S/C13H19N3O3/c1-9(3-4-12(17)18)15-13(19)16-10(2)11-5-7-14-8-6-11/h5-10H,3-4H2,1-2H3,(H,17,18)(H2,15,16,19). The minimum absolute atomic E-state index is 0.0430. The molecule has 2 unspecified atom stereocenters. The average molecular weight is 265 g/mol. The van der Waals surface area contributed by atoms with Crippen LogP contribution in [0.25, 0.3) is 0 Å². The van der Waals surface area contributed by atoms with Gasteiger partial charge < -0.3 is 15.7 Å². The molecule has 0 fully saturated rings. The molecule has 0 aliphatic heterocycles. The maximum Gasteiger partial charge on any atom is 0.315 e. The van der Waals surface area contributed by atoms with Gasteiger partial charge in [0, 0.05) is 24.9 Å². The van der Waals surface area contributed by atoms with E-state index in [9.17, 15) is 9.59 Å². The van der Waals surface area contributed by atoms with Gasteiger partial charge in [0.2, 0.25) is 0 Å². The Labute approximate surface area is 112 Å². The quantitative estimate of drug-likeness (QED) is 0.730. The monoisotopic (exact) mass is 265 g/mol. The Morgan fingerprint density at radius 2 is 1.89 bits per heavy atom. The Morgan fingerprint density at radius 3 is 2.47 bits per heavy atom. The molecular weight excluding hydrogens is 246 g/mol. The first-order valence-electron chi connectivity index (χ1n) is 6.17. The first-order valence-corrected chi connectivity index (χ1v) is 6.17. The van der Waals surface area contributed by atoms with Crippen LogP contribution in [-0.4, -0.2) is 28.1 Å². The Bertz CT molecular complexity index is 422. The zero-order valence-corrected chi connectivity index (χ0v) is 11.1. The molecule has 0 aromatic carbocycles. The number of carbonyl (C=O) groups is 2. The van der Waals surface area contributed by atoms with Gasteiger partial charge in [-0.1, -0.05) is 0 Å². The number of nitrogens with one attached hydrogen (secondary N) is 2. The Balaban J connectivity index is 2.36. The molecule has 0 bridgehead atoms. The number of hydrogen-bond donors (Lipinski definition) is 3. The van der Waals surface area contributed by atoms with Crippen LogP contribution in [0.3, 0.4) is 0 Å². The maximum absolute atomic E-state index is 11.7. The van der Waals surface area contributed by atoms with E-state index in [1.165, 1.54) is 0 Å². The second kappa shape index (κ2) is 7.35. The second-order valence-electron chi connectivity index (χ2n) is 4.45. The van der Waals surface area contributed by atoms with Gasteiger partial charge in [-0.05, 0) is 38.0 Å². The van der Waals surface area contributed by atoms with E-state index in [4.69, 9.17) is 5.11 Å². The highest BCUT2D eigenvalue weighted by atomic mass is 16.4. The van der Waals surface area contributed by atoms with Crippen LogP contribution in [0.15, 0.2) is 24.5 Å². The number of aromatic nitrogens is 1. The van der Waals surface area contributed by atoms with Crippen molar-refractivity contribution in [2.24, 2.45) is 0 Å². The molecule has 19 heavy (non-hydrogen) atoms. The van der Waals surface area contributed by atoms with Crippen molar-refractivity contribution >= 4 is 12.0 Å². The summed E-state index contributed by atoms with van der Waals surface area (Å²) < 4.78 is 0. The van der Waals surface area contributed by atoms with Crippen LogP contribution in [-0.2, 0) is 4.79 Å². The van der Waals surface area contributed by atoms with E-state index in [0.717, 1.165) is 5.56 Å². The number of aliphatic carboxylic acids is 1. The number of nitrogens with zero attached hydrogens (tertiary/aromatic N) is 1. The molecule has 104 valence electrons. The number of carbonyl (C=O) groups excluding carboxylic acids is 1. The van der Waals surface area contributed by atoms with Crippen LogP contribution in [0.5, 0.6) is 0 Å². The Morgan fingerprint density at radius 1 is 1.26 bits per heavy atom. The van der Waals surface area contributed by atoms with Gasteiger partial charge >= 0.3 is 12.0 Å². The Hall–Kier alpha value is -2.11. The summed E-state index contributed by atoms with van der Waals surface area (Å²) in [6, 6.07) is 3.05. The third-order valence-electron chi connectivity index (χ3n) is 2.72. The van der Waals surface area contributed by atoms with Crippen molar-refractivity contribution in [2.45, 2.75) is 38.8 Å². The van der Waals surface area contributed by atoms with Crippen LogP contribution in [0, 0.1) is 0 Å². The number of pyridine rings is 1. The number of urea groups is 1. The normalized spacial score (nSPS) is 13.4. The summed E-state index contributed by atoms with van der Waals surface area (Å²) in [6.45, 7) is 3.65. The van der Waals surface area contributed by atoms with E-state index in [1.807, 2.05) is 19.1 Å². The minimum atomic E-state index is -0.862. The smallest absolute Gasteiger partial charge is 0.315 e. The van der Waals surface area contributed by atoms with Gasteiger partial charge in [0.05, 0.1) is 6.04 Å². The summed E-state index contributed by atoms with van der Waals surface area (Å²) >= 11 is 0. The van der Waals surface area contributed by atoms with Gasteiger partial charge in [-0.2, -0.15) is 0 Å². The fourth-order valence-electron chi connectivity index (χ4n) is 1.61. The van der Waals surface area contributed by atoms with Gasteiger partial charge in [-0.15, -0.1) is 0 Å². The molecule has 0 radical (unpaired) electrons. The minimum Gasteiger partial charge on any atom is -0.481 e. The molecule has 6 heteroatoms. The van der Waals surface area contributed by atoms with E-state index in [2.05, 4.69) is 15.6 Å². The van der Waals surface area contributed by atoms with E-state index in [1.54, 1.807) is 19.3 Å². The molecule has 0 aliphatic rings. The molecule has 3 N–H and O–H groups in total. The summed E-state index contributed by atoms with van der Waals surface area (Å²) in [6.07, 6.45) is 3.79. The highest BCUT2D eigenvalue weighted by molar-refractivity contribution is 5.74. The molecule has 1 rings (SSSR count). The highest BCUT2D eigenvalue weighted by Crippen LogP contribution is 2.09. The van der Waals surface area contributed by atoms with Gasteiger partial charge in [0.25, 0.3) is 0 Å². The lowest BCUT2D eigenvalue weighted by Gasteiger charge is -2.18. The van der Waals surface area contributed by atoms with Gasteiger partial charge in [-0.25, -0.2) is 4.79 Å². The molecule has 1 heterocycles. The van der Waals surface area contributed by atoms with E-state index in [0.29, 0.717) is 6.42 Å². The number of carboxylic acids is 1. The van der Waals surface area contributed by atoms with Crippen molar-refractivity contribution in [3.63, 3.8) is 0 Å². The van der Waals surface area contributed by atoms with Crippen LogP contribution < -0.4 is 10.6 Å². The lowest BCUT2D eigenvalue weighted by Crippen LogP contribution is -2.41. The predicted octanol–water partition coefficient (Wildman–Crippen LogP) is 1.70. The first-order chi connectivity index (χ1) is 8.99. The topological polar surface area (TPSA) is 91.3 Å². The van der Waals surface area contributed by atoms with Crippen LogP contribution in [0.2, 0.25) is 0 Å². The molecule has 2 amide bonds. The Kier molecular flexibility index (Phi) is 5.78. The van der Waals surface area contributed by atoms with Crippen molar-refractivity contribution < 1.29 is 14.7 Å². The lowest BCUT2D eigenvalue weighted by atomic mass is 10.1. The molecule has 2 atom stereocenters. The summed E-state index contributed by atoms with van der Waals surface area (Å²) in [5.74, 6) is -0.862. The van der Waals surface area contributed by atoms with Crippen molar-refractivity contribution in [3.05, 3.63) is 30.1 Å². The highest BCUT2D eigenvalue weighted by Gasteiger charge is 2.12. The molecule has 1 aromatic rings. The van der Waals surface area contributed by atoms with Gasteiger partial charge in [0.15, 0.2) is 0 Å².